The molecule has 0 saturated carbocycles. The van der Waals surface area contributed by atoms with Crippen molar-refractivity contribution < 1.29 is 9.59 Å². The molecule has 3 N–H and O–H groups in total. The van der Waals surface area contributed by atoms with Crippen LogP contribution in [0.3, 0.4) is 0 Å². The van der Waals surface area contributed by atoms with Crippen LogP contribution >= 0.6 is 0 Å². The van der Waals surface area contributed by atoms with Gasteiger partial charge in [-0.3, -0.25) is 9.59 Å². The zero-order valence-electron chi connectivity index (χ0n) is 11.0. The normalized spacial score (nSPS) is 9.94. The molecule has 0 fully saturated rings. The first-order valence-corrected chi connectivity index (χ1v) is 5.91. The molecule has 0 aliphatic heterocycles. The summed E-state index contributed by atoms with van der Waals surface area (Å²) in [5.41, 5.74) is 2.17. The van der Waals surface area contributed by atoms with E-state index in [-0.39, 0.29) is 18.4 Å². The Hall–Kier alpha value is -1.88. The molecule has 0 radical (unpaired) electrons. The maximum absolute atomic E-state index is 11.5. The molecule has 0 atom stereocenters. The van der Waals surface area contributed by atoms with E-state index < -0.39 is 0 Å². The Morgan fingerprint density at radius 1 is 1.28 bits per heavy atom. The summed E-state index contributed by atoms with van der Waals surface area (Å²) in [4.78, 5) is 23.0. The Bertz CT molecular complexity index is 444. The van der Waals surface area contributed by atoms with Crippen LogP contribution in [0.15, 0.2) is 18.2 Å². The summed E-state index contributed by atoms with van der Waals surface area (Å²) in [5.74, 6) is -0.226. The maximum Gasteiger partial charge on any atom is 0.251 e. The van der Waals surface area contributed by atoms with Gasteiger partial charge in [0.2, 0.25) is 5.91 Å². The fourth-order valence-electron chi connectivity index (χ4n) is 1.52. The monoisotopic (exact) mass is 249 g/mol. The molecule has 0 saturated heterocycles. The van der Waals surface area contributed by atoms with Crippen LogP contribution in [-0.4, -0.2) is 32.0 Å². The topological polar surface area (TPSA) is 70.2 Å². The van der Waals surface area contributed by atoms with Crippen molar-refractivity contribution in [1.29, 1.82) is 0 Å². The molecule has 98 valence electrons. The lowest BCUT2D eigenvalue weighted by molar-refractivity contribution is -0.115. The molecule has 0 unspecified atom stereocenters. The minimum absolute atomic E-state index is 0.0901. The lowest BCUT2D eigenvalue weighted by Gasteiger charge is -2.10. The van der Waals surface area contributed by atoms with Crippen molar-refractivity contribution in [3.05, 3.63) is 29.3 Å². The van der Waals surface area contributed by atoms with Crippen LogP contribution < -0.4 is 16.0 Å². The van der Waals surface area contributed by atoms with Crippen LogP contribution in [0.2, 0.25) is 0 Å². The first-order chi connectivity index (χ1) is 8.58. The molecule has 0 aliphatic carbocycles. The molecule has 5 nitrogen and oxygen atoms in total. The number of anilines is 1. The molecule has 0 aromatic heterocycles. The Morgan fingerprint density at radius 3 is 2.56 bits per heavy atom. The molecule has 0 bridgehead atoms. The largest absolute Gasteiger partial charge is 0.355 e. The van der Waals surface area contributed by atoms with Crippen molar-refractivity contribution in [2.45, 2.75) is 13.8 Å². The van der Waals surface area contributed by atoms with Crippen LogP contribution in [0.4, 0.5) is 5.69 Å². The number of amides is 2. The van der Waals surface area contributed by atoms with Gasteiger partial charge in [0.05, 0.1) is 6.54 Å². The predicted molar refractivity (Wildman–Crippen MR) is 71.7 cm³/mol. The van der Waals surface area contributed by atoms with E-state index in [1.54, 1.807) is 25.2 Å². The molecule has 0 aliphatic rings. The average Bonchev–Trinajstić information content (AvgIpc) is 2.37. The second-order valence-electron chi connectivity index (χ2n) is 3.94. The lowest BCUT2D eigenvalue weighted by atomic mass is 10.1. The summed E-state index contributed by atoms with van der Waals surface area (Å²) in [6, 6.07) is 5.18. The highest BCUT2D eigenvalue weighted by molar-refractivity contribution is 5.96. The zero-order valence-corrected chi connectivity index (χ0v) is 11.0. The first-order valence-electron chi connectivity index (χ1n) is 5.91. The quantitative estimate of drug-likeness (QED) is 0.726. The van der Waals surface area contributed by atoms with Gasteiger partial charge in [-0.1, -0.05) is 6.92 Å². The van der Waals surface area contributed by atoms with Crippen molar-refractivity contribution in [2.75, 3.05) is 25.5 Å². The third kappa shape index (κ3) is 3.85. The van der Waals surface area contributed by atoms with Gasteiger partial charge < -0.3 is 16.0 Å². The molecule has 1 rings (SSSR count). The van der Waals surface area contributed by atoms with Gasteiger partial charge in [-0.15, -0.1) is 0 Å². The number of hydrogen-bond donors (Lipinski definition) is 3. The van der Waals surface area contributed by atoms with E-state index in [0.29, 0.717) is 5.56 Å². The molecular formula is C13H19N3O2. The number of hydrogen-bond acceptors (Lipinski definition) is 3. The number of nitrogens with one attached hydrogen (secondary N) is 3. The zero-order chi connectivity index (χ0) is 13.5. The van der Waals surface area contributed by atoms with Gasteiger partial charge >= 0.3 is 0 Å². The third-order valence-corrected chi connectivity index (χ3v) is 2.53. The van der Waals surface area contributed by atoms with Crippen molar-refractivity contribution in [3.63, 3.8) is 0 Å². The highest BCUT2D eigenvalue weighted by Crippen LogP contribution is 2.16. The second kappa shape index (κ2) is 6.76. The SMILES string of the molecule is CCNCC(=O)Nc1ccc(C(=O)NC)cc1C. The van der Waals surface area contributed by atoms with E-state index in [4.69, 9.17) is 0 Å². The number of likely N-dealkylation sites (N-methyl/N-ethyl adjacent to an activating group) is 1. The Morgan fingerprint density at radius 2 is 2.00 bits per heavy atom. The highest BCUT2D eigenvalue weighted by Gasteiger charge is 2.07. The van der Waals surface area contributed by atoms with E-state index >= 15 is 0 Å². The summed E-state index contributed by atoms with van der Waals surface area (Å²) in [6.45, 7) is 4.83. The first kappa shape index (κ1) is 14.2. The van der Waals surface area contributed by atoms with Gasteiger partial charge in [-0.05, 0) is 37.2 Å². The van der Waals surface area contributed by atoms with Gasteiger partial charge in [-0.2, -0.15) is 0 Å². The third-order valence-electron chi connectivity index (χ3n) is 2.53. The summed E-state index contributed by atoms with van der Waals surface area (Å²) in [7, 11) is 1.59. The Balaban J connectivity index is 2.74. The Kier molecular flexibility index (Phi) is 5.32. The molecule has 0 heterocycles. The summed E-state index contributed by atoms with van der Waals surface area (Å²) in [5, 5.41) is 8.31. The van der Waals surface area contributed by atoms with E-state index in [1.807, 2.05) is 13.8 Å². The molecule has 1 aromatic carbocycles. The maximum atomic E-state index is 11.5. The number of aryl methyl sites for hydroxylation is 1. The van der Waals surface area contributed by atoms with Crippen molar-refractivity contribution in [1.82, 2.24) is 10.6 Å². The van der Waals surface area contributed by atoms with Crippen LogP contribution in [-0.2, 0) is 4.79 Å². The minimum Gasteiger partial charge on any atom is -0.355 e. The standard InChI is InChI=1S/C13H19N3O2/c1-4-15-8-12(17)16-11-6-5-10(7-9(11)2)13(18)14-3/h5-7,15H,4,8H2,1-3H3,(H,14,18)(H,16,17). The fourth-order valence-corrected chi connectivity index (χ4v) is 1.52. The molecule has 0 spiro atoms. The highest BCUT2D eigenvalue weighted by atomic mass is 16.2. The van der Waals surface area contributed by atoms with Gasteiger partial charge in [-0.25, -0.2) is 0 Å². The number of carbonyl (C=O) groups excluding carboxylic acids is 2. The average molecular weight is 249 g/mol. The second-order valence-corrected chi connectivity index (χ2v) is 3.94. The van der Waals surface area contributed by atoms with Crippen LogP contribution in [0.25, 0.3) is 0 Å². The predicted octanol–water partition coefficient (Wildman–Crippen LogP) is 0.903. The van der Waals surface area contributed by atoms with E-state index in [1.165, 1.54) is 0 Å². The van der Waals surface area contributed by atoms with Gasteiger partial charge in [0.15, 0.2) is 0 Å². The number of carbonyl (C=O) groups is 2. The molecule has 1 aromatic rings. The van der Waals surface area contributed by atoms with Crippen LogP contribution in [0, 0.1) is 6.92 Å². The number of rotatable bonds is 5. The smallest absolute Gasteiger partial charge is 0.251 e. The van der Waals surface area contributed by atoms with E-state index in [2.05, 4.69) is 16.0 Å². The van der Waals surface area contributed by atoms with Gasteiger partial charge in [0.1, 0.15) is 0 Å². The summed E-state index contributed by atoms with van der Waals surface area (Å²) in [6.07, 6.45) is 0. The fraction of sp³-hybridized carbons (Fsp3) is 0.385. The van der Waals surface area contributed by atoms with Gasteiger partial charge in [0.25, 0.3) is 5.91 Å². The van der Waals surface area contributed by atoms with E-state index in [0.717, 1.165) is 17.8 Å². The van der Waals surface area contributed by atoms with Crippen LogP contribution in [0.1, 0.15) is 22.8 Å². The summed E-state index contributed by atoms with van der Waals surface area (Å²) < 4.78 is 0. The molecule has 2 amide bonds. The van der Waals surface area contributed by atoms with E-state index in [9.17, 15) is 9.59 Å². The van der Waals surface area contributed by atoms with Gasteiger partial charge in [0, 0.05) is 18.3 Å². The minimum atomic E-state index is -0.136. The van der Waals surface area contributed by atoms with Crippen LogP contribution in [0.5, 0.6) is 0 Å². The molecule has 18 heavy (non-hydrogen) atoms. The van der Waals surface area contributed by atoms with Crippen molar-refractivity contribution in [2.24, 2.45) is 0 Å². The Labute approximate surface area is 107 Å². The lowest BCUT2D eigenvalue weighted by Crippen LogP contribution is -2.28. The molecule has 5 heteroatoms. The van der Waals surface area contributed by atoms with Crippen molar-refractivity contribution in [3.8, 4) is 0 Å². The molecular weight excluding hydrogens is 230 g/mol. The summed E-state index contributed by atoms with van der Waals surface area (Å²) >= 11 is 0. The van der Waals surface area contributed by atoms with Crippen molar-refractivity contribution >= 4 is 17.5 Å². The number of benzene rings is 1.